The molecule has 0 fully saturated rings. The predicted molar refractivity (Wildman–Crippen MR) is 90.8 cm³/mol. The maximum absolute atomic E-state index is 12.3. The van der Waals surface area contributed by atoms with Gasteiger partial charge >= 0.3 is 0 Å². The average Bonchev–Trinajstić information content (AvgIpc) is 2.52. The second-order valence-corrected chi connectivity index (χ2v) is 7.55. The molecule has 0 spiro atoms. The van der Waals surface area contributed by atoms with Gasteiger partial charge in [0.2, 0.25) is 6.03 Å². The van der Waals surface area contributed by atoms with Gasteiger partial charge in [-0.1, -0.05) is 30.3 Å². The molecule has 0 aliphatic rings. The molecule has 0 radical (unpaired) electrons. The first-order chi connectivity index (χ1) is 11.0. The van der Waals surface area contributed by atoms with E-state index in [-0.39, 0.29) is 25.9 Å². The Bertz CT molecular complexity index is 465. The van der Waals surface area contributed by atoms with Crippen LogP contribution in [-0.2, 0) is 20.5 Å². The van der Waals surface area contributed by atoms with Crippen molar-refractivity contribution in [1.29, 1.82) is 0 Å². The van der Waals surface area contributed by atoms with Crippen molar-refractivity contribution in [3.8, 4) is 0 Å². The number of nitrogens with one attached hydrogen (secondary N) is 1. The minimum atomic E-state index is -3.73. The smallest absolute Gasteiger partial charge is 0.257 e. The molecule has 1 aromatic carbocycles. The molecule has 6 nitrogen and oxygen atoms in total. The highest BCUT2D eigenvalue weighted by molar-refractivity contribution is 7.58. The largest absolute Gasteiger partial charge is 0.391 e. The standard InChI is InChI=1S/C16H28NO5P/c1-3-21-16(22-4-2)23(19,20)13-15(18)12-17-11-10-14-8-6-5-7-9-14/h5-9,15-18H,3-4,10-13H2,1-2H3,(H,19,20). The Balaban J connectivity index is 2.33. The van der Waals surface area contributed by atoms with Gasteiger partial charge in [-0.25, -0.2) is 0 Å². The molecule has 0 bridgehead atoms. The Morgan fingerprint density at radius 1 is 1.17 bits per heavy atom. The summed E-state index contributed by atoms with van der Waals surface area (Å²) in [6.45, 7) is 4.96. The van der Waals surface area contributed by atoms with Crippen molar-refractivity contribution in [3.05, 3.63) is 35.9 Å². The summed E-state index contributed by atoms with van der Waals surface area (Å²) in [5.74, 6) is 0. The van der Waals surface area contributed by atoms with Crippen molar-refractivity contribution in [2.45, 2.75) is 32.4 Å². The molecule has 1 rings (SSSR count). The van der Waals surface area contributed by atoms with Gasteiger partial charge in [-0.2, -0.15) is 0 Å². The van der Waals surface area contributed by atoms with E-state index in [0.29, 0.717) is 6.54 Å². The van der Waals surface area contributed by atoms with Gasteiger partial charge in [-0.3, -0.25) is 4.57 Å². The SMILES string of the molecule is CCOC(OCC)P(=O)(O)CC(O)CNCCc1ccccc1. The molecule has 0 aliphatic carbocycles. The van der Waals surface area contributed by atoms with E-state index in [1.54, 1.807) is 13.8 Å². The van der Waals surface area contributed by atoms with Gasteiger partial charge in [0.1, 0.15) is 0 Å². The zero-order valence-electron chi connectivity index (χ0n) is 13.9. The van der Waals surface area contributed by atoms with Crippen LogP contribution in [-0.4, -0.2) is 54.6 Å². The van der Waals surface area contributed by atoms with E-state index in [1.807, 2.05) is 30.3 Å². The Kier molecular flexibility index (Phi) is 9.63. The molecule has 0 aromatic heterocycles. The average molecular weight is 345 g/mol. The minimum absolute atomic E-state index is 0.252. The van der Waals surface area contributed by atoms with Crippen molar-refractivity contribution in [2.75, 3.05) is 32.5 Å². The van der Waals surface area contributed by atoms with Crippen molar-refractivity contribution in [3.63, 3.8) is 0 Å². The van der Waals surface area contributed by atoms with Crippen molar-refractivity contribution in [2.24, 2.45) is 0 Å². The van der Waals surface area contributed by atoms with Crippen LogP contribution in [0.1, 0.15) is 19.4 Å². The van der Waals surface area contributed by atoms with E-state index in [0.717, 1.165) is 6.42 Å². The zero-order chi connectivity index (χ0) is 17.1. The van der Waals surface area contributed by atoms with Crippen LogP contribution in [0.25, 0.3) is 0 Å². The number of benzene rings is 1. The first-order valence-corrected chi connectivity index (χ1v) is 9.88. The summed E-state index contributed by atoms with van der Waals surface area (Å²) in [7, 11) is -3.73. The number of ether oxygens (including phenoxy) is 2. The summed E-state index contributed by atoms with van der Waals surface area (Å²) in [5.41, 5.74) is 1.20. The lowest BCUT2D eigenvalue weighted by molar-refractivity contribution is -0.0876. The zero-order valence-corrected chi connectivity index (χ0v) is 14.7. The molecule has 0 amide bonds. The summed E-state index contributed by atoms with van der Waals surface area (Å²) in [4.78, 5) is 10.1. The molecular formula is C16H28NO5P. The molecule has 2 atom stereocenters. The molecule has 0 saturated carbocycles. The molecule has 0 heterocycles. The lowest BCUT2D eigenvalue weighted by atomic mass is 10.1. The number of rotatable bonds is 12. The fourth-order valence-corrected chi connectivity index (χ4v) is 3.83. The Morgan fingerprint density at radius 2 is 1.78 bits per heavy atom. The van der Waals surface area contributed by atoms with Crippen LogP contribution < -0.4 is 5.32 Å². The summed E-state index contributed by atoms with van der Waals surface area (Å²) in [6.07, 6.45) is -0.342. The molecule has 2 unspecified atom stereocenters. The Morgan fingerprint density at radius 3 is 2.35 bits per heavy atom. The molecule has 3 N–H and O–H groups in total. The summed E-state index contributed by atoms with van der Waals surface area (Å²) >= 11 is 0. The number of hydrogen-bond acceptors (Lipinski definition) is 5. The van der Waals surface area contributed by atoms with Crippen LogP contribution in [0.5, 0.6) is 0 Å². The minimum Gasteiger partial charge on any atom is -0.391 e. The van der Waals surface area contributed by atoms with Crippen LogP contribution in [0, 0.1) is 0 Å². The summed E-state index contributed by atoms with van der Waals surface area (Å²) < 4.78 is 22.6. The van der Waals surface area contributed by atoms with Gasteiger partial charge in [0.05, 0.1) is 12.3 Å². The van der Waals surface area contributed by atoms with E-state index in [9.17, 15) is 14.6 Å². The van der Waals surface area contributed by atoms with E-state index >= 15 is 0 Å². The van der Waals surface area contributed by atoms with Crippen molar-refractivity contribution in [1.82, 2.24) is 5.32 Å². The topological polar surface area (TPSA) is 88.0 Å². The van der Waals surface area contributed by atoms with Crippen LogP contribution in [0.4, 0.5) is 0 Å². The molecule has 0 aliphatic heterocycles. The third-order valence-corrected chi connectivity index (χ3v) is 5.14. The number of aliphatic hydroxyl groups is 1. The van der Waals surface area contributed by atoms with Gasteiger partial charge in [0.15, 0.2) is 0 Å². The van der Waals surface area contributed by atoms with Crippen LogP contribution in [0.15, 0.2) is 30.3 Å². The highest BCUT2D eigenvalue weighted by Gasteiger charge is 2.34. The van der Waals surface area contributed by atoms with Crippen LogP contribution in [0.2, 0.25) is 0 Å². The number of aliphatic hydroxyl groups excluding tert-OH is 1. The fourth-order valence-electron chi connectivity index (χ4n) is 2.16. The van der Waals surface area contributed by atoms with Gasteiger partial charge in [-0.05, 0) is 32.4 Å². The van der Waals surface area contributed by atoms with E-state index in [2.05, 4.69) is 5.32 Å². The third kappa shape index (κ3) is 8.06. The molecular weight excluding hydrogens is 317 g/mol. The third-order valence-electron chi connectivity index (χ3n) is 3.23. The van der Waals surface area contributed by atoms with Crippen LogP contribution >= 0.6 is 7.37 Å². The predicted octanol–water partition coefficient (Wildman–Crippen LogP) is 1.81. The molecule has 132 valence electrons. The van der Waals surface area contributed by atoms with Crippen molar-refractivity contribution >= 4 is 7.37 Å². The second-order valence-electron chi connectivity index (χ2n) is 5.25. The van der Waals surface area contributed by atoms with E-state index in [4.69, 9.17) is 9.47 Å². The van der Waals surface area contributed by atoms with Gasteiger partial charge in [-0.15, -0.1) is 0 Å². The van der Waals surface area contributed by atoms with Gasteiger partial charge in [0, 0.05) is 19.8 Å². The molecule has 1 aromatic rings. The van der Waals surface area contributed by atoms with Crippen LogP contribution in [0.3, 0.4) is 0 Å². The molecule has 23 heavy (non-hydrogen) atoms. The van der Waals surface area contributed by atoms with Gasteiger partial charge in [0.25, 0.3) is 7.37 Å². The number of hydrogen-bond donors (Lipinski definition) is 3. The summed E-state index contributed by atoms with van der Waals surface area (Å²) in [5, 5.41) is 13.1. The lowest BCUT2D eigenvalue weighted by Crippen LogP contribution is -2.32. The monoisotopic (exact) mass is 345 g/mol. The first kappa shape index (κ1) is 20.3. The lowest BCUT2D eigenvalue weighted by Gasteiger charge is -2.24. The normalized spacial score (nSPS) is 15.5. The Labute approximate surface area is 138 Å². The maximum Gasteiger partial charge on any atom is 0.257 e. The summed E-state index contributed by atoms with van der Waals surface area (Å²) in [6, 6.07) is 8.83. The van der Waals surface area contributed by atoms with Crippen molar-refractivity contribution < 1.29 is 24.0 Å². The fraction of sp³-hybridized carbons (Fsp3) is 0.625. The van der Waals surface area contributed by atoms with E-state index in [1.165, 1.54) is 5.56 Å². The highest BCUT2D eigenvalue weighted by Crippen LogP contribution is 2.47. The quantitative estimate of drug-likeness (QED) is 0.304. The van der Waals surface area contributed by atoms with E-state index < -0.39 is 19.5 Å². The highest BCUT2D eigenvalue weighted by atomic mass is 31.2. The van der Waals surface area contributed by atoms with Gasteiger partial charge < -0.3 is 24.8 Å². The first-order valence-electron chi connectivity index (χ1n) is 7.97. The Hall–Kier alpha value is -0.750. The molecule has 7 heteroatoms. The maximum atomic E-state index is 12.3. The molecule has 0 saturated heterocycles. The second kappa shape index (κ2) is 10.9.